The molecule has 1 fully saturated rings. The molecular formula is C12H15ClF3N3O. The summed E-state index contributed by atoms with van der Waals surface area (Å²) in [6.07, 6.45) is -2.95. The molecule has 2 heterocycles. The molecule has 2 rings (SSSR count). The molecule has 1 aromatic heterocycles. The maximum absolute atomic E-state index is 12.7. The normalized spacial score (nSPS) is 24.0. The van der Waals surface area contributed by atoms with E-state index in [0.717, 1.165) is 12.8 Å². The van der Waals surface area contributed by atoms with Crippen LogP contribution in [-0.4, -0.2) is 35.8 Å². The van der Waals surface area contributed by atoms with Crippen LogP contribution in [-0.2, 0) is 10.9 Å². The third-order valence-corrected chi connectivity index (χ3v) is 3.60. The van der Waals surface area contributed by atoms with Crippen molar-refractivity contribution in [3.63, 3.8) is 0 Å². The molecule has 0 amide bonds. The van der Waals surface area contributed by atoms with Gasteiger partial charge in [0.25, 0.3) is 0 Å². The van der Waals surface area contributed by atoms with Gasteiger partial charge in [0, 0.05) is 26.3 Å². The first-order chi connectivity index (χ1) is 9.23. The first-order valence-electron chi connectivity index (χ1n) is 6.15. The zero-order valence-corrected chi connectivity index (χ0v) is 11.9. The highest BCUT2D eigenvalue weighted by Gasteiger charge is 2.37. The molecule has 1 saturated heterocycles. The fraction of sp³-hybridized carbons (Fsp3) is 0.667. The molecule has 0 aliphatic carbocycles. The van der Waals surface area contributed by atoms with Crippen LogP contribution >= 0.6 is 11.6 Å². The van der Waals surface area contributed by atoms with E-state index in [1.165, 1.54) is 6.07 Å². The van der Waals surface area contributed by atoms with Gasteiger partial charge < -0.3 is 9.64 Å². The second-order valence-electron chi connectivity index (χ2n) is 5.05. The average Bonchev–Trinajstić information content (AvgIpc) is 2.37. The lowest BCUT2D eigenvalue weighted by atomic mass is 9.95. The van der Waals surface area contributed by atoms with Crippen LogP contribution in [0.2, 0.25) is 5.15 Å². The molecule has 1 aliphatic heterocycles. The Morgan fingerprint density at radius 2 is 2.10 bits per heavy atom. The summed E-state index contributed by atoms with van der Waals surface area (Å²) in [6.45, 7) is 3.00. The number of halogens is 4. The van der Waals surface area contributed by atoms with Gasteiger partial charge in [-0.1, -0.05) is 11.6 Å². The van der Waals surface area contributed by atoms with Crippen LogP contribution in [0, 0.1) is 0 Å². The highest BCUT2D eigenvalue weighted by Crippen LogP contribution is 2.31. The van der Waals surface area contributed by atoms with E-state index in [0.29, 0.717) is 13.1 Å². The van der Waals surface area contributed by atoms with E-state index in [1.54, 1.807) is 12.0 Å². The quantitative estimate of drug-likeness (QED) is 0.787. The van der Waals surface area contributed by atoms with E-state index in [-0.39, 0.29) is 11.0 Å². The monoisotopic (exact) mass is 309 g/mol. The lowest BCUT2D eigenvalue weighted by Crippen LogP contribution is -2.47. The van der Waals surface area contributed by atoms with Crippen molar-refractivity contribution in [1.29, 1.82) is 0 Å². The minimum atomic E-state index is -4.61. The Labute approximate surface area is 119 Å². The van der Waals surface area contributed by atoms with E-state index in [9.17, 15) is 13.2 Å². The molecule has 1 unspecified atom stereocenters. The minimum Gasteiger partial charge on any atom is -0.377 e. The SMILES string of the molecule is COC1(C)CCCN(c2cc(Cl)nc(C(F)(F)F)n2)C1. The van der Waals surface area contributed by atoms with Gasteiger partial charge in [-0.25, -0.2) is 9.97 Å². The fourth-order valence-corrected chi connectivity index (χ4v) is 2.44. The average molecular weight is 310 g/mol. The van der Waals surface area contributed by atoms with E-state index < -0.39 is 17.6 Å². The third kappa shape index (κ3) is 3.32. The van der Waals surface area contributed by atoms with Crippen molar-refractivity contribution >= 4 is 17.4 Å². The minimum absolute atomic E-state index is 0.181. The Morgan fingerprint density at radius 3 is 2.70 bits per heavy atom. The van der Waals surface area contributed by atoms with Gasteiger partial charge >= 0.3 is 6.18 Å². The zero-order valence-electron chi connectivity index (χ0n) is 11.2. The molecule has 0 radical (unpaired) electrons. The third-order valence-electron chi connectivity index (χ3n) is 3.41. The van der Waals surface area contributed by atoms with Crippen molar-refractivity contribution < 1.29 is 17.9 Å². The van der Waals surface area contributed by atoms with Gasteiger partial charge in [-0.05, 0) is 19.8 Å². The van der Waals surface area contributed by atoms with Gasteiger partial charge in [-0.15, -0.1) is 0 Å². The highest BCUT2D eigenvalue weighted by atomic mass is 35.5. The van der Waals surface area contributed by atoms with Crippen LogP contribution in [0.3, 0.4) is 0 Å². The summed E-state index contributed by atoms with van der Waals surface area (Å²) >= 11 is 5.67. The maximum Gasteiger partial charge on any atom is 0.451 e. The van der Waals surface area contributed by atoms with Crippen molar-refractivity contribution in [2.24, 2.45) is 0 Å². The van der Waals surface area contributed by atoms with E-state index in [2.05, 4.69) is 9.97 Å². The summed E-state index contributed by atoms with van der Waals surface area (Å²) in [4.78, 5) is 8.55. The van der Waals surface area contributed by atoms with Crippen molar-refractivity contribution in [2.75, 3.05) is 25.1 Å². The van der Waals surface area contributed by atoms with Gasteiger partial charge in [-0.2, -0.15) is 13.2 Å². The van der Waals surface area contributed by atoms with Crippen LogP contribution in [0.25, 0.3) is 0 Å². The molecular weight excluding hydrogens is 295 g/mol. The van der Waals surface area contributed by atoms with Crippen LogP contribution < -0.4 is 4.90 Å². The molecule has 1 aliphatic rings. The van der Waals surface area contributed by atoms with Gasteiger partial charge in [0.15, 0.2) is 0 Å². The number of alkyl halides is 3. The van der Waals surface area contributed by atoms with Gasteiger partial charge in [0.05, 0.1) is 5.60 Å². The molecule has 20 heavy (non-hydrogen) atoms. The summed E-state index contributed by atoms with van der Waals surface area (Å²) in [7, 11) is 1.59. The van der Waals surface area contributed by atoms with Crippen molar-refractivity contribution in [1.82, 2.24) is 9.97 Å². The summed E-state index contributed by atoms with van der Waals surface area (Å²) in [5.41, 5.74) is -0.395. The Hall–Kier alpha value is -1.08. The first-order valence-corrected chi connectivity index (χ1v) is 6.53. The molecule has 1 atom stereocenters. The summed E-state index contributed by atoms with van der Waals surface area (Å²) in [5, 5.41) is -0.216. The lowest BCUT2D eigenvalue weighted by molar-refractivity contribution is -0.144. The number of hydrogen-bond donors (Lipinski definition) is 0. The molecule has 0 bridgehead atoms. The first kappa shape index (κ1) is 15.3. The second-order valence-corrected chi connectivity index (χ2v) is 5.44. The number of nitrogens with zero attached hydrogens (tertiary/aromatic N) is 3. The molecule has 0 N–H and O–H groups in total. The van der Waals surface area contributed by atoms with Crippen LogP contribution in [0.1, 0.15) is 25.6 Å². The molecule has 0 saturated carbocycles. The Balaban J connectivity index is 2.31. The van der Waals surface area contributed by atoms with Crippen molar-refractivity contribution in [2.45, 2.75) is 31.5 Å². The fourth-order valence-electron chi connectivity index (χ4n) is 2.26. The number of methoxy groups -OCH3 is 1. The molecule has 4 nitrogen and oxygen atoms in total. The van der Waals surface area contributed by atoms with Gasteiger partial charge in [-0.3, -0.25) is 0 Å². The Morgan fingerprint density at radius 1 is 1.40 bits per heavy atom. The molecule has 1 aromatic rings. The summed E-state index contributed by atoms with van der Waals surface area (Å²) in [5.74, 6) is -1.04. The number of rotatable bonds is 2. The smallest absolute Gasteiger partial charge is 0.377 e. The largest absolute Gasteiger partial charge is 0.451 e. The number of ether oxygens (including phenoxy) is 1. The summed E-state index contributed by atoms with van der Waals surface area (Å²) < 4.78 is 43.5. The predicted molar refractivity (Wildman–Crippen MR) is 68.9 cm³/mol. The van der Waals surface area contributed by atoms with Crippen molar-refractivity contribution in [3.05, 3.63) is 17.0 Å². The highest BCUT2D eigenvalue weighted by molar-refractivity contribution is 6.29. The number of anilines is 1. The van der Waals surface area contributed by atoms with E-state index in [1.807, 2.05) is 6.92 Å². The summed E-state index contributed by atoms with van der Waals surface area (Å²) in [6, 6.07) is 1.35. The van der Waals surface area contributed by atoms with Gasteiger partial charge in [0.2, 0.25) is 5.82 Å². The molecule has 112 valence electrons. The number of aromatic nitrogens is 2. The second kappa shape index (κ2) is 5.37. The lowest BCUT2D eigenvalue weighted by Gasteiger charge is -2.40. The van der Waals surface area contributed by atoms with Crippen LogP contribution in [0.15, 0.2) is 6.07 Å². The van der Waals surface area contributed by atoms with Crippen molar-refractivity contribution in [3.8, 4) is 0 Å². The van der Waals surface area contributed by atoms with Crippen LogP contribution in [0.4, 0.5) is 19.0 Å². The molecule has 8 heteroatoms. The topological polar surface area (TPSA) is 38.2 Å². The van der Waals surface area contributed by atoms with E-state index >= 15 is 0 Å². The predicted octanol–water partition coefficient (Wildman–Crippen LogP) is 3.15. The molecule has 0 aromatic carbocycles. The Bertz CT molecular complexity index is 497. The standard InChI is InChI=1S/C12H15ClF3N3O/c1-11(20-2)4-3-5-19(7-11)9-6-8(13)17-10(18-9)12(14,15)16/h6H,3-5,7H2,1-2H3. The maximum atomic E-state index is 12.7. The molecule has 0 spiro atoms. The number of hydrogen-bond acceptors (Lipinski definition) is 4. The zero-order chi connectivity index (χ0) is 15.0. The van der Waals surface area contributed by atoms with Crippen LogP contribution in [0.5, 0.6) is 0 Å². The Kier molecular flexibility index (Phi) is 4.11. The number of piperidine rings is 1. The van der Waals surface area contributed by atoms with E-state index in [4.69, 9.17) is 16.3 Å². The van der Waals surface area contributed by atoms with Gasteiger partial charge in [0.1, 0.15) is 11.0 Å².